The quantitative estimate of drug-likeness (QED) is 0.275. The van der Waals surface area contributed by atoms with Gasteiger partial charge in [0.25, 0.3) is 11.7 Å². The van der Waals surface area contributed by atoms with Crippen LogP contribution in [0.3, 0.4) is 0 Å². The molecule has 162 valence electrons. The molecule has 1 N–H and O–H groups in total. The Kier molecular flexibility index (Phi) is 5.69. The fraction of sp³-hybridized carbons (Fsp3) is 0.120. The fourth-order valence-electron chi connectivity index (χ4n) is 3.87. The van der Waals surface area contributed by atoms with E-state index in [0.717, 1.165) is 32.6 Å². The molecule has 1 atom stereocenters. The van der Waals surface area contributed by atoms with Crippen molar-refractivity contribution in [1.29, 1.82) is 0 Å². The Labute approximate surface area is 191 Å². The first-order valence-corrected chi connectivity index (χ1v) is 10.6. The third kappa shape index (κ3) is 3.62. The van der Waals surface area contributed by atoms with Crippen LogP contribution >= 0.6 is 15.9 Å². The largest absolute Gasteiger partial charge is 0.507 e. The minimum Gasteiger partial charge on any atom is -0.507 e. The highest BCUT2D eigenvalue weighted by atomic mass is 79.9. The molecule has 0 aliphatic carbocycles. The Hall–Kier alpha value is -3.32. The smallest absolute Gasteiger partial charge is 0.300 e. The zero-order valence-corrected chi connectivity index (χ0v) is 18.8. The second-order valence-corrected chi connectivity index (χ2v) is 8.44. The zero-order chi connectivity index (χ0) is 23.2. The first-order chi connectivity index (χ1) is 15.2. The molecule has 4 rings (SSSR count). The molecule has 32 heavy (non-hydrogen) atoms. The molecule has 0 saturated carbocycles. The van der Waals surface area contributed by atoms with Crippen LogP contribution in [0.15, 0.2) is 70.7 Å². The fourth-order valence-corrected chi connectivity index (χ4v) is 4.12. The van der Waals surface area contributed by atoms with Crippen LogP contribution in [0.25, 0.3) is 5.76 Å². The SMILES string of the molecule is Cc1cc(/C(O)=C2\C(=O)C(=O)N(c3ccc(F)c(F)c3)C2c2ccccc2C)ccc1Br. The Morgan fingerprint density at radius 2 is 1.66 bits per heavy atom. The highest BCUT2D eigenvalue weighted by Crippen LogP contribution is 2.43. The van der Waals surface area contributed by atoms with E-state index >= 15 is 0 Å². The van der Waals surface area contributed by atoms with E-state index in [9.17, 15) is 23.5 Å². The Morgan fingerprint density at radius 3 is 2.31 bits per heavy atom. The molecule has 0 bridgehead atoms. The summed E-state index contributed by atoms with van der Waals surface area (Å²) in [6.07, 6.45) is 0. The maximum absolute atomic E-state index is 14.0. The molecule has 1 unspecified atom stereocenters. The summed E-state index contributed by atoms with van der Waals surface area (Å²) >= 11 is 3.40. The minimum atomic E-state index is -1.14. The van der Waals surface area contributed by atoms with E-state index in [4.69, 9.17) is 0 Å². The van der Waals surface area contributed by atoms with Crippen LogP contribution in [-0.2, 0) is 9.59 Å². The lowest BCUT2D eigenvalue weighted by Crippen LogP contribution is -2.30. The lowest BCUT2D eigenvalue weighted by atomic mass is 9.92. The number of ketones is 1. The molecule has 0 spiro atoms. The number of rotatable bonds is 3. The molecule has 1 saturated heterocycles. The van der Waals surface area contributed by atoms with E-state index in [0.29, 0.717) is 11.1 Å². The summed E-state index contributed by atoms with van der Waals surface area (Å²) in [6.45, 7) is 3.64. The van der Waals surface area contributed by atoms with Crippen molar-refractivity contribution in [3.05, 3.63) is 105 Å². The highest BCUT2D eigenvalue weighted by molar-refractivity contribution is 9.10. The van der Waals surface area contributed by atoms with E-state index in [2.05, 4.69) is 15.9 Å². The number of carbonyl (C=O) groups excluding carboxylic acids is 2. The van der Waals surface area contributed by atoms with Crippen molar-refractivity contribution >= 4 is 39.1 Å². The van der Waals surface area contributed by atoms with Crippen molar-refractivity contribution in [3.8, 4) is 0 Å². The number of hydrogen-bond donors (Lipinski definition) is 1. The number of halogens is 3. The summed E-state index contributed by atoms with van der Waals surface area (Å²) in [5.74, 6) is -4.38. The number of aryl methyl sites for hydroxylation is 2. The molecule has 3 aromatic carbocycles. The van der Waals surface area contributed by atoms with Crippen molar-refractivity contribution < 1.29 is 23.5 Å². The number of Topliss-reactive ketones (excluding diaryl/α,β-unsaturated/α-hetero) is 1. The van der Waals surface area contributed by atoms with Crippen LogP contribution in [0.4, 0.5) is 14.5 Å². The molecular weight excluding hydrogens is 480 g/mol. The van der Waals surface area contributed by atoms with Crippen LogP contribution in [-0.4, -0.2) is 16.8 Å². The number of carbonyl (C=O) groups is 2. The van der Waals surface area contributed by atoms with E-state index in [1.165, 1.54) is 6.07 Å². The Balaban J connectivity index is 1.99. The highest BCUT2D eigenvalue weighted by Gasteiger charge is 2.47. The van der Waals surface area contributed by atoms with Gasteiger partial charge in [-0.25, -0.2) is 8.78 Å². The normalized spacial score (nSPS) is 17.8. The first-order valence-electron chi connectivity index (χ1n) is 9.78. The van der Waals surface area contributed by atoms with Gasteiger partial charge in [0.05, 0.1) is 11.6 Å². The number of aliphatic hydroxyl groups excluding tert-OH is 1. The summed E-state index contributed by atoms with van der Waals surface area (Å²) in [6, 6.07) is 14.2. The second-order valence-electron chi connectivity index (χ2n) is 7.59. The van der Waals surface area contributed by atoms with Gasteiger partial charge in [0.15, 0.2) is 11.6 Å². The average Bonchev–Trinajstić information content (AvgIpc) is 3.02. The maximum Gasteiger partial charge on any atom is 0.300 e. The van der Waals surface area contributed by atoms with Gasteiger partial charge in [-0.2, -0.15) is 0 Å². The maximum atomic E-state index is 14.0. The third-order valence-electron chi connectivity index (χ3n) is 5.54. The molecule has 0 aromatic heterocycles. The van der Waals surface area contributed by atoms with Gasteiger partial charge in [-0.05, 0) is 54.8 Å². The predicted molar refractivity (Wildman–Crippen MR) is 121 cm³/mol. The molecule has 1 aliphatic heterocycles. The molecule has 1 amide bonds. The van der Waals surface area contributed by atoms with Gasteiger partial charge in [0, 0.05) is 21.8 Å². The van der Waals surface area contributed by atoms with Crippen molar-refractivity contribution in [2.75, 3.05) is 4.90 Å². The van der Waals surface area contributed by atoms with Crippen LogP contribution in [0, 0.1) is 25.5 Å². The van der Waals surface area contributed by atoms with Crippen LogP contribution in [0.1, 0.15) is 28.3 Å². The van der Waals surface area contributed by atoms with E-state index in [1.54, 1.807) is 36.4 Å². The molecule has 1 heterocycles. The average molecular weight is 498 g/mol. The van der Waals surface area contributed by atoms with Gasteiger partial charge < -0.3 is 5.11 Å². The second kappa shape index (κ2) is 8.31. The molecule has 3 aromatic rings. The monoisotopic (exact) mass is 497 g/mol. The predicted octanol–water partition coefficient (Wildman–Crippen LogP) is 5.97. The summed E-state index contributed by atoms with van der Waals surface area (Å²) in [4.78, 5) is 27.3. The third-order valence-corrected chi connectivity index (χ3v) is 6.43. The number of anilines is 1. The topological polar surface area (TPSA) is 57.6 Å². The minimum absolute atomic E-state index is 0.0188. The van der Waals surface area contributed by atoms with Crippen molar-refractivity contribution in [1.82, 2.24) is 0 Å². The Morgan fingerprint density at radius 1 is 0.938 bits per heavy atom. The van der Waals surface area contributed by atoms with Crippen LogP contribution in [0.2, 0.25) is 0 Å². The first kappa shape index (κ1) is 21.9. The summed E-state index contributed by atoms with van der Waals surface area (Å²) < 4.78 is 28.4. The van der Waals surface area contributed by atoms with E-state index in [1.807, 2.05) is 19.9 Å². The van der Waals surface area contributed by atoms with Crippen molar-refractivity contribution in [3.63, 3.8) is 0 Å². The van der Waals surface area contributed by atoms with Gasteiger partial charge in [0.2, 0.25) is 0 Å². The van der Waals surface area contributed by atoms with Gasteiger partial charge >= 0.3 is 0 Å². The summed E-state index contributed by atoms with van der Waals surface area (Å²) in [5, 5.41) is 11.1. The molecule has 7 heteroatoms. The van der Waals surface area contributed by atoms with Crippen LogP contribution < -0.4 is 4.90 Å². The van der Waals surface area contributed by atoms with Gasteiger partial charge in [-0.3, -0.25) is 14.5 Å². The lowest BCUT2D eigenvalue weighted by Gasteiger charge is -2.26. The zero-order valence-electron chi connectivity index (χ0n) is 17.2. The molecule has 1 fully saturated rings. The van der Waals surface area contributed by atoms with Gasteiger partial charge in [0.1, 0.15) is 5.76 Å². The van der Waals surface area contributed by atoms with Gasteiger partial charge in [-0.15, -0.1) is 0 Å². The van der Waals surface area contributed by atoms with Crippen LogP contribution in [0.5, 0.6) is 0 Å². The molecule has 4 nitrogen and oxygen atoms in total. The standard InChI is InChI=1S/C25H18BrF2NO3/c1-13-5-3-4-6-17(13)22-21(23(30)15-7-9-18(26)14(2)11-15)24(31)25(32)29(22)16-8-10-19(27)20(28)12-16/h3-12,22,30H,1-2H3/b23-21+. The number of hydrogen-bond acceptors (Lipinski definition) is 3. The lowest BCUT2D eigenvalue weighted by molar-refractivity contribution is -0.132. The van der Waals surface area contributed by atoms with Gasteiger partial charge in [-0.1, -0.05) is 46.3 Å². The summed E-state index contributed by atoms with van der Waals surface area (Å²) in [5.41, 5.74) is 2.46. The van der Waals surface area contributed by atoms with Crippen molar-refractivity contribution in [2.24, 2.45) is 0 Å². The number of nitrogens with zero attached hydrogens (tertiary/aromatic N) is 1. The number of aliphatic hydroxyl groups is 1. The number of amides is 1. The van der Waals surface area contributed by atoms with Crippen molar-refractivity contribution in [2.45, 2.75) is 19.9 Å². The number of benzene rings is 3. The van der Waals surface area contributed by atoms with E-state index in [-0.39, 0.29) is 17.0 Å². The molecule has 0 radical (unpaired) electrons. The molecular formula is C25H18BrF2NO3. The Bertz CT molecular complexity index is 1300. The summed E-state index contributed by atoms with van der Waals surface area (Å²) in [7, 11) is 0. The van der Waals surface area contributed by atoms with E-state index < -0.39 is 29.4 Å². The molecule has 1 aliphatic rings.